The fraction of sp³-hybridized carbons (Fsp3) is 0.500. The van der Waals surface area contributed by atoms with E-state index in [2.05, 4.69) is 60.7 Å². The highest BCUT2D eigenvalue weighted by molar-refractivity contribution is 6.75. The van der Waals surface area contributed by atoms with Crippen LogP contribution in [0, 0.1) is 0 Å². The highest BCUT2D eigenvalue weighted by Crippen LogP contribution is 2.28. The lowest BCUT2D eigenvalue weighted by atomic mass is 10.1. The van der Waals surface area contributed by atoms with Crippen molar-refractivity contribution in [2.24, 2.45) is 0 Å². The Hall–Kier alpha value is -1.46. The molecule has 0 amide bonds. The van der Waals surface area contributed by atoms with E-state index in [0.717, 1.165) is 63.0 Å². The quantitative estimate of drug-likeness (QED) is 0.468. The van der Waals surface area contributed by atoms with E-state index >= 15 is 0 Å². The number of allylic oxidation sites excluding steroid dienone is 3. The highest BCUT2D eigenvalue weighted by atomic mass is 28.4. The Morgan fingerprint density at radius 2 is 1.04 bits per heavy atom. The fourth-order valence-electron chi connectivity index (χ4n) is 4.17. The molecule has 28 heavy (non-hydrogen) atoms. The van der Waals surface area contributed by atoms with Gasteiger partial charge in [0.15, 0.2) is 0 Å². The minimum Gasteiger partial charge on any atom is -0.363 e. The summed E-state index contributed by atoms with van der Waals surface area (Å²) in [5.41, 5.74) is 0. The second-order valence-corrected chi connectivity index (χ2v) is 10.4. The summed E-state index contributed by atoms with van der Waals surface area (Å²) in [5, 5.41) is 1.08. The zero-order valence-corrected chi connectivity index (χ0v) is 17.7. The minimum absolute atomic E-state index is 0.0702. The lowest BCUT2D eigenvalue weighted by molar-refractivity contribution is 0.0131. The molecule has 4 heteroatoms. The van der Waals surface area contributed by atoms with E-state index in [1.807, 2.05) is 6.07 Å². The van der Waals surface area contributed by atoms with Gasteiger partial charge < -0.3 is 13.3 Å². The molecule has 3 nitrogen and oxygen atoms in total. The van der Waals surface area contributed by atoms with Crippen LogP contribution in [0.15, 0.2) is 66.8 Å². The molecule has 0 saturated heterocycles. The van der Waals surface area contributed by atoms with Crippen molar-refractivity contribution in [1.82, 2.24) is 0 Å². The van der Waals surface area contributed by atoms with Crippen LogP contribution < -0.4 is 5.19 Å². The normalized spacial score (nSPS) is 29.5. The molecule has 0 spiro atoms. The lowest BCUT2D eigenvalue weighted by Gasteiger charge is -2.38. The Bertz CT molecular complexity index is 632. The van der Waals surface area contributed by atoms with Crippen LogP contribution >= 0.6 is 0 Å². The molecule has 0 saturated carbocycles. The van der Waals surface area contributed by atoms with Gasteiger partial charge in [0.1, 0.15) is 0 Å². The van der Waals surface area contributed by atoms with Crippen LogP contribution in [0.1, 0.15) is 57.8 Å². The van der Waals surface area contributed by atoms with E-state index in [1.165, 1.54) is 0 Å². The molecule has 0 aliphatic heterocycles. The first kappa shape index (κ1) is 19.8. The molecule has 3 unspecified atom stereocenters. The Morgan fingerprint density at radius 3 is 1.39 bits per heavy atom. The largest absolute Gasteiger partial charge is 0.538 e. The van der Waals surface area contributed by atoms with Crippen LogP contribution in [0.4, 0.5) is 0 Å². The number of rotatable bonds is 7. The van der Waals surface area contributed by atoms with E-state index < -0.39 is 8.80 Å². The maximum Gasteiger partial charge on any atom is 0.538 e. The molecule has 1 aromatic carbocycles. The summed E-state index contributed by atoms with van der Waals surface area (Å²) < 4.78 is 20.4. The standard InChI is InChI=1S/C24H32O3Si/c1-5-13-21(14-6-1)25-28(24-19-11-4-12-20-24,26-22-15-7-2-8-16-22)27-23-17-9-3-10-18-23/h4-5,7,9,11-13,15,17,19-23H,1-3,6,8,10,14,16,18H2. The van der Waals surface area contributed by atoms with Crippen LogP contribution in [-0.4, -0.2) is 27.1 Å². The van der Waals surface area contributed by atoms with Gasteiger partial charge in [-0.05, 0) is 57.8 Å². The van der Waals surface area contributed by atoms with Gasteiger partial charge in [-0.2, -0.15) is 0 Å². The molecule has 1 aromatic rings. The predicted octanol–water partition coefficient (Wildman–Crippen LogP) is 5.21. The molecule has 0 bridgehead atoms. The summed E-state index contributed by atoms with van der Waals surface area (Å²) in [6.45, 7) is 0. The molecule has 0 heterocycles. The fourth-order valence-corrected chi connectivity index (χ4v) is 7.13. The Morgan fingerprint density at radius 1 is 0.607 bits per heavy atom. The van der Waals surface area contributed by atoms with Gasteiger partial charge in [-0.15, -0.1) is 0 Å². The molecular weight excluding hydrogens is 364 g/mol. The van der Waals surface area contributed by atoms with Crippen molar-refractivity contribution in [1.29, 1.82) is 0 Å². The van der Waals surface area contributed by atoms with Gasteiger partial charge in [0, 0.05) is 5.19 Å². The maximum atomic E-state index is 6.81. The zero-order chi connectivity index (χ0) is 19.1. The molecular formula is C24H32O3Si. The zero-order valence-electron chi connectivity index (χ0n) is 16.7. The molecule has 150 valence electrons. The van der Waals surface area contributed by atoms with E-state index in [-0.39, 0.29) is 18.3 Å². The lowest BCUT2D eigenvalue weighted by Crippen LogP contribution is -2.61. The molecule has 0 N–H and O–H groups in total. The van der Waals surface area contributed by atoms with Gasteiger partial charge in [-0.3, -0.25) is 0 Å². The summed E-state index contributed by atoms with van der Waals surface area (Å²) in [7, 11) is -3.09. The van der Waals surface area contributed by atoms with Crippen LogP contribution in [0.25, 0.3) is 0 Å². The number of hydrogen-bond acceptors (Lipinski definition) is 3. The summed E-state index contributed by atoms with van der Waals surface area (Å²) in [4.78, 5) is 0. The molecule has 0 radical (unpaired) electrons. The Labute approximate surface area is 170 Å². The minimum atomic E-state index is -3.09. The van der Waals surface area contributed by atoms with Crippen molar-refractivity contribution in [2.75, 3.05) is 0 Å². The highest BCUT2D eigenvalue weighted by Gasteiger charge is 2.49. The molecule has 3 aliphatic rings. The van der Waals surface area contributed by atoms with Crippen molar-refractivity contribution < 1.29 is 13.3 Å². The van der Waals surface area contributed by atoms with Crippen LogP contribution in [0.5, 0.6) is 0 Å². The van der Waals surface area contributed by atoms with Gasteiger partial charge in [0.05, 0.1) is 18.3 Å². The van der Waals surface area contributed by atoms with Crippen molar-refractivity contribution in [3.63, 3.8) is 0 Å². The SMILES string of the molecule is C1=CC(O[Si](OC2C=CCCC2)(OC2C=CCCC2)c2ccccc2)CCC1. The Balaban J connectivity index is 1.67. The van der Waals surface area contributed by atoms with E-state index in [4.69, 9.17) is 13.3 Å². The van der Waals surface area contributed by atoms with Crippen LogP contribution in [-0.2, 0) is 13.3 Å². The van der Waals surface area contributed by atoms with Gasteiger partial charge >= 0.3 is 8.80 Å². The molecule has 3 aliphatic carbocycles. The molecule has 0 aromatic heterocycles. The third kappa shape index (κ3) is 5.12. The topological polar surface area (TPSA) is 27.7 Å². The summed E-state index contributed by atoms with van der Waals surface area (Å²) in [6, 6.07) is 10.4. The first-order valence-electron chi connectivity index (χ1n) is 10.9. The summed E-state index contributed by atoms with van der Waals surface area (Å²) >= 11 is 0. The van der Waals surface area contributed by atoms with E-state index in [9.17, 15) is 0 Å². The van der Waals surface area contributed by atoms with Gasteiger partial charge in [-0.25, -0.2) is 0 Å². The van der Waals surface area contributed by atoms with Crippen LogP contribution in [0.3, 0.4) is 0 Å². The summed E-state index contributed by atoms with van der Waals surface area (Å²) in [5.74, 6) is 0. The van der Waals surface area contributed by atoms with Crippen LogP contribution in [0.2, 0.25) is 0 Å². The second-order valence-electron chi connectivity index (χ2n) is 7.97. The van der Waals surface area contributed by atoms with Crippen molar-refractivity contribution in [3.8, 4) is 0 Å². The average molecular weight is 397 g/mol. The van der Waals surface area contributed by atoms with Gasteiger partial charge in [-0.1, -0.05) is 66.8 Å². The molecule has 3 atom stereocenters. The van der Waals surface area contributed by atoms with Crippen molar-refractivity contribution >= 4 is 14.0 Å². The molecule has 4 rings (SSSR count). The first-order valence-corrected chi connectivity index (χ1v) is 12.7. The van der Waals surface area contributed by atoms with Gasteiger partial charge in [0.25, 0.3) is 0 Å². The predicted molar refractivity (Wildman–Crippen MR) is 115 cm³/mol. The first-order chi connectivity index (χ1) is 13.8. The smallest absolute Gasteiger partial charge is 0.363 e. The molecule has 0 fully saturated rings. The third-order valence-electron chi connectivity index (χ3n) is 5.68. The van der Waals surface area contributed by atoms with Crippen molar-refractivity contribution in [2.45, 2.75) is 76.1 Å². The van der Waals surface area contributed by atoms with E-state index in [0.29, 0.717) is 0 Å². The average Bonchev–Trinajstić information content (AvgIpc) is 2.76. The second kappa shape index (κ2) is 9.84. The third-order valence-corrected chi connectivity index (χ3v) is 8.56. The summed E-state index contributed by atoms with van der Waals surface area (Å²) in [6.07, 6.45) is 23.5. The number of benzene rings is 1. The van der Waals surface area contributed by atoms with E-state index in [1.54, 1.807) is 0 Å². The number of hydrogen-bond donors (Lipinski definition) is 0. The maximum absolute atomic E-state index is 6.81. The monoisotopic (exact) mass is 396 g/mol. The Kier molecular flexibility index (Phi) is 6.97. The van der Waals surface area contributed by atoms with Crippen molar-refractivity contribution in [3.05, 3.63) is 66.8 Å². The van der Waals surface area contributed by atoms with Gasteiger partial charge in [0.2, 0.25) is 0 Å².